The van der Waals surface area contributed by atoms with Crippen molar-refractivity contribution in [1.29, 1.82) is 0 Å². The van der Waals surface area contributed by atoms with Gasteiger partial charge in [-0.05, 0) is 223 Å². The molecule has 0 aromatic carbocycles. The van der Waals surface area contributed by atoms with Crippen molar-refractivity contribution in [3.8, 4) is 0 Å². The zero-order chi connectivity index (χ0) is 42.6. The van der Waals surface area contributed by atoms with Crippen molar-refractivity contribution in [2.75, 3.05) is 0 Å². The summed E-state index contributed by atoms with van der Waals surface area (Å²) in [6, 6.07) is 0. The summed E-state index contributed by atoms with van der Waals surface area (Å²) in [7, 11) is 0. The Morgan fingerprint density at radius 1 is 0.533 bits per heavy atom. The minimum absolute atomic E-state index is 0.170. The molecule has 8 nitrogen and oxygen atoms in total. The molecule has 16 atom stereocenters. The number of rotatable bonds is 6. The van der Waals surface area contributed by atoms with Crippen LogP contribution in [-0.2, 0) is 22.7 Å². The fourth-order valence-electron chi connectivity index (χ4n) is 17.6. The van der Waals surface area contributed by atoms with E-state index in [9.17, 15) is 19.8 Å². The molecule has 2 aromatic rings. The third-order valence-electron chi connectivity index (χ3n) is 20.8. The number of carbonyl (C=O) groups excluding carboxylic acids is 2. The Balaban J connectivity index is 0.000000154. The van der Waals surface area contributed by atoms with Crippen molar-refractivity contribution in [1.82, 2.24) is 19.6 Å². The van der Waals surface area contributed by atoms with Crippen LogP contribution >= 0.6 is 0 Å². The topological polar surface area (TPSA) is 110 Å². The maximum Gasteiger partial charge on any atom is 0.157 e. The highest BCUT2D eigenvalue weighted by Gasteiger charge is 2.63. The van der Waals surface area contributed by atoms with Crippen molar-refractivity contribution in [3.63, 3.8) is 0 Å². The van der Waals surface area contributed by atoms with Crippen LogP contribution in [0.3, 0.4) is 0 Å². The Kier molecular flexibility index (Phi) is 10.8. The van der Waals surface area contributed by atoms with Crippen molar-refractivity contribution in [2.24, 2.45) is 80.8 Å². The monoisotopic (exact) mass is 825 g/mol. The van der Waals surface area contributed by atoms with Crippen LogP contribution in [0.2, 0.25) is 0 Å². The first-order chi connectivity index (χ1) is 28.2. The third-order valence-corrected chi connectivity index (χ3v) is 20.8. The van der Waals surface area contributed by atoms with Crippen LogP contribution in [0.4, 0.5) is 0 Å². The zero-order valence-electron chi connectivity index (χ0n) is 38.7. The van der Waals surface area contributed by atoms with E-state index in [0.717, 1.165) is 73.3 Å². The molecule has 8 fully saturated rings. The van der Waals surface area contributed by atoms with Crippen LogP contribution in [0.1, 0.15) is 168 Å². The first kappa shape index (κ1) is 43.0. The van der Waals surface area contributed by atoms with Gasteiger partial charge in [0.15, 0.2) is 11.6 Å². The Labute approximate surface area is 361 Å². The molecule has 0 amide bonds. The standard InChI is InChI=1S/2C26H40N2O2/c2*1-17-14-27-28(15-17)16-23(29)22-8-7-20-19-6-5-18-13-24(2,30)11-12-25(18,3)21(19)9-10-26(20,22)4/h2*14-15,18-22,30H,5-13,16H2,1-4H3/t18-,19-,20-,21-,22+,24+,25-,26-;18-,19-,20-,21-,22+,24-,25-,26-/m00/s1. The van der Waals surface area contributed by atoms with Crippen molar-refractivity contribution >= 4 is 11.6 Å². The molecule has 8 heteroatoms. The van der Waals surface area contributed by atoms with Crippen LogP contribution in [0, 0.1) is 94.7 Å². The summed E-state index contributed by atoms with van der Waals surface area (Å²) in [5, 5.41) is 30.1. The second-order valence-corrected chi connectivity index (χ2v) is 24.4. The molecular formula is C52H80N4O4. The molecule has 60 heavy (non-hydrogen) atoms. The number of hydrogen-bond donors (Lipinski definition) is 2. The van der Waals surface area contributed by atoms with E-state index in [-0.39, 0.29) is 22.7 Å². The SMILES string of the molecule is Cc1cnn(CC(=O)[C@H]2CC[C@H]3[C@@H]4CC[C@H]5C[C@@](C)(O)CC[C@]5(C)[C@H]4CC[C@]23C)c1.Cc1cnn(CC(=O)[C@H]2CC[C@H]3[C@@H]4CC[C@H]5C[C@](C)(O)CC[C@]5(C)[C@H]4CC[C@]23C)c1. The predicted molar refractivity (Wildman–Crippen MR) is 236 cm³/mol. The van der Waals surface area contributed by atoms with Crippen molar-refractivity contribution in [2.45, 2.75) is 195 Å². The van der Waals surface area contributed by atoms with Gasteiger partial charge in [-0.3, -0.25) is 19.0 Å². The molecular weight excluding hydrogens is 745 g/mol. The lowest BCUT2D eigenvalue weighted by Crippen LogP contribution is -2.55. The lowest BCUT2D eigenvalue weighted by atomic mass is 9.44. The summed E-state index contributed by atoms with van der Waals surface area (Å²) in [5.74, 6) is 7.06. The van der Waals surface area contributed by atoms with E-state index in [1.807, 2.05) is 61.8 Å². The summed E-state index contributed by atoms with van der Waals surface area (Å²) in [5.41, 5.74) is 2.44. The molecule has 8 aliphatic rings. The molecule has 2 heterocycles. The molecule has 0 radical (unpaired) electrons. The van der Waals surface area contributed by atoms with E-state index in [1.54, 1.807) is 0 Å². The fourth-order valence-corrected chi connectivity index (χ4v) is 17.6. The summed E-state index contributed by atoms with van der Waals surface area (Å²) in [6.45, 7) is 19.0. The highest BCUT2D eigenvalue weighted by atomic mass is 16.3. The molecule has 2 N–H and O–H groups in total. The average molecular weight is 825 g/mol. The number of ketones is 2. The first-order valence-electron chi connectivity index (χ1n) is 24.7. The van der Waals surface area contributed by atoms with Crippen LogP contribution in [0.5, 0.6) is 0 Å². The summed E-state index contributed by atoms with van der Waals surface area (Å²) < 4.78 is 3.67. The number of aromatic nitrogens is 4. The van der Waals surface area contributed by atoms with Gasteiger partial charge < -0.3 is 10.2 Å². The van der Waals surface area contributed by atoms with Crippen LogP contribution in [0.15, 0.2) is 24.8 Å². The predicted octanol–water partition coefficient (Wildman–Crippen LogP) is 10.3. The maximum atomic E-state index is 13.3. The van der Waals surface area contributed by atoms with E-state index >= 15 is 0 Å². The van der Waals surface area contributed by atoms with E-state index in [2.05, 4.69) is 37.9 Å². The number of hydrogen-bond acceptors (Lipinski definition) is 6. The average Bonchev–Trinajstić information content (AvgIpc) is 3.97. The maximum absolute atomic E-state index is 13.3. The molecule has 8 saturated carbocycles. The number of fused-ring (bicyclic) bond motifs is 10. The van der Waals surface area contributed by atoms with Gasteiger partial charge in [0.1, 0.15) is 0 Å². The molecule has 10 rings (SSSR count). The number of carbonyl (C=O) groups is 2. The first-order valence-corrected chi connectivity index (χ1v) is 24.7. The van der Waals surface area contributed by atoms with Gasteiger partial charge in [0.25, 0.3) is 0 Å². The molecule has 0 bridgehead atoms. The quantitative estimate of drug-likeness (QED) is 0.300. The van der Waals surface area contributed by atoms with Gasteiger partial charge >= 0.3 is 0 Å². The zero-order valence-corrected chi connectivity index (χ0v) is 38.7. The van der Waals surface area contributed by atoms with Gasteiger partial charge in [-0.15, -0.1) is 0 Å². The highest BCUT2D eigenvalue weighted by Crippen LogP contribution is 2.70. The van der Waals surface area contributed by atoms with E-state index in [4.69, 9.17) is 0 Å². The normalized spacial score (nSPS) is 48.0. The van der Waals surface area contributed by atoms with Gasteiger partial charge in [0.05, 0.1) is 36.7 Å². The Bertz CT molecular complexity index is 1790. The van der Waals surface area contributed by atoms with Gasteiger partial charge in [-0.1, -0.05) is 27.7 Å². The van der Waals surface area contributed by atoms with Crippen LogP contribution < -0.4 is 0 Å². The second-order valence-electron chi connectivity index (χ2n) is 24.4. The lowest BCUT2D eigenvalue weighted by Gasteiger charge is -2.61. The minimum atomic E-state index is -0.462. The van der Waals surface area contributed by atoms with Gasteiger partial charge in [0, 0.05) is 24.2 Å². The number of aliphatic hydroxyl groups is 2. The molecule has 0 spiro atoms. The summed E-state index contributed by atoms with van der Waals surface area (Å²) >= 11 is 0. The Morgan fingerprint density at radius 3 is 1.28 bits per heavy atom. The fraction of sp³-hybridized carbons (Fsp3) is 0.846. The number of aryl methyl sites for hydroxylation is 2. The van der Waals surface area contributed by atoms with Crippen LogP contribution in [0.25, 0.3) is 0 Å². The number of Topliss-reactive ketones (excluding diaryl/α,β-unsaturated/α-hetero) is 2. The largest absolute Gasteiger partial charge is 0.390 e. The second kappa shape index (κ2) is 15.2. The smallest absolute Gasteiger partial charge is 0.157 e. The van der Waals surface area contributed by atoms with E-state index in [1.165, 1.54) is 77.0 Å². The summed E-state index contributed by atoms with van der Waals surface area (Å²) in [4.78, 5) is 26.6. The van der Waals surface area contributed by atoms with E-state index < -0.39 is 11.2 Å². The van der Waals surface area contributed by atoms with Gasteiger partial charge in [0.2, 0.25) is 0 Å². The highest BCUT2D eigenvalue weighted by molar-refractivity contribution is 5.82. The number of nitrogens with zero attached hydrogens (tertiary/aromatic N) is 4. The van der Waals surface area contributed by atoms with Crippen molar-refractivity contribution < 1.29 is 19.8 Å². The molecule has 2 aromatic heterocycles. The minimum Gasteiger partial charge on any atom is -0.390 e. The van der Waals surface area contributed by atoms with Gasteiger partial charge in [-0.2, -0.15) is 10.2 Å². The van der Waals surface area contributed by atoms with Crippen LogP contribution in [-0.4, -0.2) is 52.5 Å². The van der Waals surface area contributed by atoms with Gasteiger partial charge in [-0.25, -0.2) is 0 Å². The third kappa shape index (κ3) is 7.24. The summed E-state index contributed by atoms with van der Waals surface area (Å²) in [6.07, 6.45) is 28.6. The van der Waals surface area contributed by atoms with Crippen molar-refractivity contribution in [3.05, 3.63) is 35.9 Å². The Morgan fingerprint density at radius 2 is 0.917 bits per heavy atom. The molecule has 0 unspecified atom stereocenters. The molecule has 332 valence electrons. The molecule has 0 saturated heterocycles. The van der Waals surface area contributed by atoms with E-state index in [0.29, 0.717) is 59.2 Å². The lowest BCUT2D eigenvalue weighted by molar-refractivity contribution is -0.151. The molecule has 0 aliphatic heterocycles. The molecule has 8 aliphatic carbocycles. The Hall–Kier alpha value is -2.32.